The lowest BCUT2D eigenvalue weighted by Crippen LogP contribution is -2.13. The van der Waals surface area contributed by atoms with Crippen LogP contribution in [0.1, 0.15) is 16.1 Å². The van der Waals surface area contributed by atoms with E-state index in [9.17, 15) is 13.2 Å². The lowest BCUT2D eigenvalue weighted by atomic mass is 10.2. The monoisotopic (exact) mass is 306 g/mol. The number of aromatic carboxylic acids is 1. The summed E-state index contributed by atoms with van der Waals surface area (Å²) in [4.78, 5) is 10.7. The maximum absolute atomic E-state index is 12.1. The van der Waals surface area contributed by atoms with E-state index in [-0.39, 0.29) is 22.8 Å². The molecule has 0 radical (unpaired) electrons. The van der Waals surface area contributed by atoms with Crippen LogP contribution in [0.5, 0.6) is 0 Å². The molecule has 9 heteroatoms. The van der Waals surface area contributed by atoms with Gasteiger partial charge in [-0.05, 0) is 17.7 Å². The Morgan fingerprint density at radius 3 is 2.57 bits per heavy atom. The maximum atomic E-state index is 12.1. The van der Waals surface area contributed by atoms with Crippen molar-refractivity contribution < 1.29 is 18.3 Å². The quantitative estimate of drug-likeness (QED) is 0.753. The Bertz CT molecular complexity index is 803. The zero-order chi connectivity index (χ0) is 15.5. The molecule has 2 rings (SSSR count). The van der Waals surface area contributed by atoms with Crippen molar-refractivity contribution in [2.75, 3.05) is 4.72 Å². The number of aromatic amines is 1. The fourth-order valence-corrected chi connectivity index (χ4v) is 2.55. The Morgan fingerprint density at radius 1 is 1.38 bits per heavy atom. The fourth-order valence-electron chi connectivity index (χ4n) is 1.56. The SMILES string of the molecule is N#CCc1ccc(S(=O)(=O)Nc2cc(C(=O)O)[nH]n2)cc1. The molecule has 0 aliphatic rings. The second-order valence-corrected chi connectivity index (χ2v) is 5.74. The molecule has 1 aromatic carbocycles. The van der Waals surface area contributed by atoms with Gasteiger partial charge in [-0.1, -0.05) is 12.1 Å². The van der Waals surface area contributed by atoms with E-state index >= 15 is 0 Å². The minimum absolute atomic E-state index is 0.0101. The summed E-state index contributed by atoms with van der Waals surface area (Å²) in [6.07, 6.45) is 0.190. The fraction of sp³-hybridized carbons (Fsp3) is 0.0833. The minimum atomic E-state index is -3.87. The molecule has 21 heavy (non-hydrogen) atoms. The molecule has 0 spiro atoms. The zero-order valence-electron chi connectivity index (χ0n) is 10.6. The van der Waals surface area contributed by atoms with E-state index in [1.807, 2.05) is 6.07 Å². The van der Waals surface area contributed by atoms with E-state index in [1.165, 1.54) is 24.3 Å². The first-order valence-electron chi connectivity index (χ1n) is 5.70. The summed E-state index contributed by atoms with van der Waals surface area (Å²) in [5.41, 5.74) is 0.474. The van der Waals surface area contributed by atoms with Gasteiger partial charge in [-0.25, -0.2) is 13.2 Å². The van der Waals surface area contributed by atoms with Gasteiger partial charge < -0.3 is 5.11 Å². The number of anilines is 1. The van der Waals surface area contributed by atoms with Crippen molar-refractivity contribution in [2.24, 2.45) is 0 Å². The van der Waals surface area contributed by atoms with Crippen LogP contribution in [0.2, 0.25) is 0 Å². The summed E-state index contributed by atoms with van der Waals surface area (Å²) in [5.74, 6) is -1.36. The summed E-state index contributed by atoms with van der Waals surface area (Å²) in [6.45, 7) is 0. The summed E-state index contributed by atoms with van der Waals surface area (Å²) in [5, 5.41) is 23.0. The van der Waals surface area contributed by atoms with Crippen molar-refractivity contribution in [2.45, 2.75) is 11.3 Å². The number of aromatic nitrogens is 2. The van der Waals surface area contributed by atoms with Crippen LogP contribution >= 0.6 is 0 Å². The molecular weight excluding hydrogens is 296 g/mol. The van der Waals surface area contributed by atoms with E-state index in [1.54, 1.807) is 0 Å². The molecule has 0 unspecified atom stereocenters. The van der Waals surface area contributed by atoms with Crippen molar-refractivity contribution in [3.05, 3.63) is 41.6 Å². The van der Waals surface area contributed by atoms with Gasteiger partial charge in [0.2, 0.25) is 0 Å². The van der Waals surface area contributed by atoms with Crippen LogP contribution in [0.25, 0.3) is 0 Å². The van der Waals surface area contributed by atoms with Crippen LogP contribution < -0.4 is 4.72 Å². The minimum Gasteiger partial charge on any atom is -0.477 e. The highest BCUT2D eigenvalue weighted by molar-refractivity contribution is 7.92. The molecule has 1 aromatic heterocycles. The first kappa shape index (κ1) is 14.5. The molecule has 0 amide bonds. The van der Waals surface area contributed by atoms with Crippen LogP contribution in [0.4, 0.5) is 5.82 Å². The summed E-state index contributed by atoms with van der Waals surface area (Å²) < 4.78 is 26.3. The number of carbonyl (C=O) groups is 1. The Morgan fingerprint density at radius 2 is 2.05 bits per heavy atom. The molecular formula is C12H10N4O4S. The maximum Gasteiger partial charge on any atom is 0.353 e. The van der Waals surface area contributed by atoms with Crippen molar-refractivity contribution in [1.29, 1.82) is 5.26 Å². The van der Waals surface area contributed by atoms with Crippen LogP contribution in [-0.2, 0) is 16.4 Å². The number of H-pyrrole nitrogens is 1. The highest BCUT2D eigenvalue weighted by Crippen LogP contribution is 2.16. The van der Waals surface area contributed by atoms with Gasteiger partial charge in [0.15, 0.2) is 5.82 Å². The lowest BCUT2D eigenvalue weighted by molar-refractivity contribution is 0.0690. The highest BCUT2D eigenvalue weighted by atomic mass is 32.2. The van der Waals surface area contributed by atoms with Crippen LogP contribution in [0.3, 0.4) is 0 Å². The third kappa shape index (κ3) is 3.37. The van der Waals surface area contributed by atoms with Gasteiger partial charge in [-0.2, -0.15) is 10.4 Å². The average molecular weight is 306 g/mol. The van der Waals surface area contributed by atoms with Gasteiger partial charge in [0.1, 0.15) is 5.69 Å². The highest BCUT2D eigenvalue weighted by Gasteiger charge is 2.17. The van der Waals surface area contributed by atoms with E-state index < -0.39 is 16.0 Å². The number of hydrogen-bond acceptors (Lipinski definition) is 5. The Balaban J connectivity index is 2.21. The van der Waals surface area contributed by atoms with Gasteiger partial charge in [0, 0.05) is 6.07 Å². The number of benzene rings is 1. The van der Waals surface area contributed by atoms with Gasteiger partial charge in [0.05, 0.1) is 17.4 Å². The van der Waals surface area contributed by atoms with Gasteiger partial charge in [0.25, 0.3) is 10.0 Å². The van der Waals surface area contributed by atoms with E-state index in [0.29, 0.717) is 5.56 Å². The Hall–Kier alpha value is -2.86. The number of nitrogens with one attached hydrogen (secondary N) is 2. The first-order valence-corrected chi connectivity index (χ1v) is 7.18. The number of carboxylic acids is 1. The second kappa shape index (κ2) is 5.64. The Kier molecular flexibility index (Phi) is 3.91. The predicted octanol–water partition coefficient (Wildman–Crippen LogP) is 0.975. The molecule has 108 valence electrons. The van der Waals surface area contributed by atoms with Gasteiger partial charge in [-0.3, -0.25) is 9.82 Å². The molecule has 0 aliphatic carbocycles. The van der Waals surface area contributed by atoms with E-state index in [4.69, 9.17) is 10.4 Å². The van der Waals surface area contributed by atoms with Gasteiger partial charge >= 0.3 is 5.97 Å². The molecule has 0 fully saturated rings. The number of nitrogens with zero attached hydrogens (tertiary/aromatic N) is 2. The van der Waals surface area contributed by atoms with Crippen molar-refractivity contribution in [3.63, 3.8) is 0 Å². The number of carboxylic acid groups (broad SMARTS) is 1. The largest absolute Gasteiger partial charge is 0.477 e. The number of nitriles is 1. The Labute approximate surface area is 120 Å². The molecule has 8 nitrogen and oxygen atoms in total. The number of sulfonamides is 1. The standard InChI is InChI=1S/C12H10N4O4S/c13-6-5-8-1-3-9(4-2-8)21(19,20)16-11-7-10(12(17)18)14-15-11/h1-4,7H,5H2,(H,17,18)(H2,14,15,16). The molecule has 0 saturated carbocycles. The lowest BCUT2D eigenvalue weighted by Gasteiger charge is -2.05. The van der Waals surface area contributed by atoms with Gasteiger partial charge in [-0.15, -0.1) is 0 Å². The molecule has 0 saturated heterocycles. The average Bonchev–Trinajstić information content (AvgIpc) is 2.88. The third-order valence-electron chi connectivity index (χ3n) is 2.56. The van der Waals surface area contributed by atoms with Crippen LogP contribution in [-0.4, -0.2) is 29.7 Å². The molecule has 1 heterocycles. The normalized spacial score (nSPS) is 10.8. The third-order valence-corrected chi connectivity index (χ3v) is 3.93. The molecule has 0 atom stereocenters. The summed E-state index contributed by atoms with van der Waals surface area (Å²) in [7, 11) is -3.87. The zero-order valence-corrected chi connectivity index (χ0v) is 11.4. The summed E-state index contributed by atoms with van der Waals surface area (Å²) in [6, 6.07) is 8.82. The van der Waals surface area contributed by atoms with Crippen LogP contribution in [0, 0.1) is 11.3 Å². The van der Waals surface area contributed by atoms with E-state index in [2.05, 4.69) is 14.9 Å². The van der Waals surface area contributed by atoms with Crippen molar-refractivity contribution in [3.8, 4) is 6.07 Å². The first-order chi connectivity index (χ1) is 9.92. The summed E-state index contributed by atoms with van der Waals surface area (Å²) >= 11 is 0. The smallest absolute Gasteiger partial charge is 0.353 e. The van der Waals surface area contributed by atoms with Crippen LogP contribution in [0.15, 0.2) is 35.2 Å². The molecule has 3 N–H and O–H groups in total. The van der Waals surface area contributed by atoms with Crippen molar-refractivity contribution >= 4 is 21.8 Å². The topological polar surface area (TPSA) is 136 Å². The molecule has 0 bridgehead atoms. The molecule has 0 aliphatic heterocycles. The predicted molar refractivity (Wildman–Crippen MR) is 72.1 cm³/mol. The number of hydrogen-bond donors (Lipinski definition) is 3. The van der Waals surface area contributed by atoms with Crippen molar-refractivity contribution in [1.82, 2.24) is 10.2 Å². The number of rotatable bonds is 5. The second-order valence-electron chi connectivity index (χ2n) is 4.06. The molecule has 2 aromatic rings. The van der Waals surface area contributed by atoms with E-state index in [0.717, 1.165) is 6.07 Å².